The monoisotopic (exact) mass is 376 g/mol. The number of hydrogen-bond acceptors (Lipinski definition) is 4. The standard InChI is InChI=1S/C23H24N2O3/c1-15-13-16(2)25-23(27)20(15)10-12-22(26)18-9-11-21(24-14-18)17(3)28-19-7-5-4-6-8-19/h4-9,11,13-14,17H,10,12H2,1-3H3,(H,25,27). The molecule has 1 N–H and O–H groups in total. The van der Waals surface area contributed by atoms with Gasteiger partial charge in [0, 0.05) is 29.4 Å². The van der Waals surface area contributed by atoms with Crippen LogP contribution in [0.15, 0.2) is 59.5 Å². The lowest BCUT2D eigenvalue weighted by molar-refractivity contribution is 0.0982. The second-order valence-corrected chi connectivity index (χ2v) is 6.91. The molecule has 0 bridgehead atoms. The summed E-state index contributed by atoms with van der Waals surface area (Å²) >= 11 is 0. The zero-order chi connectivity index (χ0) is 20.1. The summed E-state index contributed by atoms with van der Waals surface area (Å²) in [6.45, 7) is 5.66. The third-order valence-electron chi connectivity index (χ3n) is 4.68. The van der Waals surface area contributed by atoms with E-state index in [4.69, 9.17) is 4.74 Å². The Hall–Kier alpha value is -3.21. The molecule has 5 nitrogen and oxygen atoms in total. The van der Waals surface area contributed by atoms with Gasteiger partial charge in [0.15, 0.2) is 5.78 Å². The Balaban J connectivity index is 1.63. The minimum Gasteiger partial charge on any atom is -0.484 e. The fourth-order valence-electron chi connectivity index (χ4n) is 3.15. The smallest absolute Gasteiger partial charge is 0.251 e. The average molecular weight is 376 g/mol. The first-order valence-corrected chi connectivity index (χ1v) is 9.34. The maximum absolute atomic E-state index is 12.5. The summed E-state index contributed by atoms with van der Waals surface area (Å²) in [6.07, 6.45) is 2.04. The first kappa shape index (κ1) is 19.5. The molecule has 1 aromatic carbocycles. The molecule has 0 aliphatic carbocycles. The van der Waals surface area contributed by atoms with Crippen molar-refractivity contribution in [3.05, 3.63) is 93.2 Å². The highest BCUT2D eigenvalue weighted by molar-refractivity contribution is 5.95. The Morgan fingerprint density at radius 1 is 1.14 bits per heavy atom. The second-order valence-electron chi connectivity index (χ2n) is 6.91. The minimum atomic E-state index is -0.222. The number of ketones is 1. The number of carbonyl (C=O) groups is 1. The quantitative estimate of drug-likeness (QED) is 0.623. The van der Waals surface area contributed by atoms with E-state index in [0.717, 1.165) is 22.7 Å². The fourth-order valence-corrected chi connectivity index (χ4v) is 3.15. The summed E-state index contributed by atoms with van der Waals surface area (Å²) in [5.74, 6) is 0.741. The number of aromatic amines is 1. The van der Waals surface area contributed by atoms with E-state index >= 15 is 0 Å². The van der Waals surface area contributed by atoms with Crippen molar-refractivity contribution in [3.8, 4) is 5.75 Å². The van der Waals surface area contributed by atoms with Gasteiger partial charge in [-0.15, -0.1) is 0 Å². The molecular weight excluding hydrogens is 352 g/mol. The normalized spacial score (nSPS) is 11.8. The number of aromatic nitrogens is 2. The molecule has 0 radical (unpaired) electrons. The number of benzene rings is 1. The van der Waals surface area contributed by atoms with Gasteiger partial charge in [0.2, 0.25) is 0 Å². The van der Waals surface area contributed by atoms with Gasteiger partial charge in [-0.05, 0) is 63.1 Å². The largest absolute Gasteiger partial charge is 0.484 e. The summed E-state index contributed by atoms with van der Waals surface area (Å²) < 4.78 is 5.86. The molecule has 28 heavy (non-hydrogen) atoms. The number of nitrogens with zero attached hydrogens (tertiary/aromatic N) is 1. The van der Waals surface area contributed by atoms with Gasteiger partial charge < -0.3 is 9.72 Å². The lowest BCUT2D eigenvalue weighted by atomic mass is 10.0. The molecule has 2 heterocycles. The Bertz CT molecular complexity index is 1010. The van der Waals surface area contributed by atoms with Crippen molar-refractivity contribution in [2.45, 2.75) is 39.7 Å². The molecule has 144 valence electrons. The molecule has 5 heteroatoms. The Labute approximate surface area is 164 Å². The zero-order valence-corrected chi connectivity index (χ0v) is 16.4. The van der Waals surface area contributed by atoms with Crippen LogP contribution in [0.1, 0.15) is 52.3 Å². The number of rotatable bonds is 7. The number of nitrogens with one attached hydrogen (secondary N) is 1. The topological polar surface area (TPSA) is 72.0 Å². The molecule has 0 saturated heterocycles. The molecule has 0 aliphatic heterocycles. The number of pyridine rings is 2. The minimum absolute atomic E-state index is 0.0324. The van der Waals surface area contributed by atoms with E-state index in [1.54, 1.807) is 12.3 Å². The van der Waals surface area contributed by atoms with Crippen molar-refractivity contribution in [1.82, 2.24) is 9.97 Å². The highest BCUT2D eigenvalue weighted by Gasteiger charge is 2.13. The number of para-hydroxylation sites is 1. The molecule has 0 saturated carbocycles. The molecule has 3 rings (SSSR count). The maximum atomic E-state index is 12.5. The van der Waals surface area contributed by atoms with Crippen molar-refractivity contribution in [2.24, 2.45) is 0 Å². The molecule has 0 fully saturated rings. The number of hydrogen-bond donors (Lipinski definition) is 1. The van der Waals surface area contributed by atoms with E-state index in [0.29, 0.717) is 17.5 Å². The van der Waals surface area contributed by atoms with Crippen LogP contribution in [-0.4, -0.2) is 15.8 Å². The van der Waals surface area contributed by atoms with Crippen LogP contribution >= 0.6 is 0 Å². The highest BCUT2D eigenvalue weighted by Crippen LogP contribution is 2.20. The Morgan fingerprint density at radius 3 is 2.54 bits per heavy atom. The van der Waals surface area contributed by atoms with Crippen LogP contribution in [0.4, 0.5) is 0 Å². The second kappa shape index (κ2) is 8.65. The van der Waals surface area contributed by atoms with E-state index in [2.05, 4.69) is 9.97 Å². The zero-order valence-electron chi connectivity index (χ0n) is 16.4. The number of ether oxygens (including phenoxy) is 1. The Kier molecular flexibility index (Phi) is 6.04. The summed E-state index contributed by atoms with van der Waals surface area (Å²) in [7, 11) is 0. The van der Waals surface area contributed by atoms with Gasteiger partial charge in [0.25, 0.3) is 5.56 Å². The number of aryl methyl sites for hydroxylation is 2. The van der Waals surface area contributed by atoms with Crippen molar-refractivity contribution in [3.63, 3.8) is 0 Å². The molecule has 0 spiro atoms. The van der Waals surface area contributed by atoms with E-state index in [1.807, 2.05) is 63.2 Å². The van der Waals surface area contributed by atoms with Gasteiger partial charge in [0.1, 0.15) is 11.9 Å². The van der Waals surface area contributed by atoms with Gasteiger partial charge >= 0.3 is 0 Å². The lowest BCUT2D eigenvalue weighted by Crippen LogP contribution is -2.17. The SMILES string of the molecule is Cc1cc(C)c(CCC(=O)c2ccc(C(C)Oc3ccccc3)nc2)c(=O)[nH]1. The predicted molar refractivity (Wildman–Crippen MR) is 109 cm³/mol. The highest BCUT2D eigenvalue weighted by atomic mass is 16.5. The summed E-state index contributed by atoms with van der Waals surface area (Å²) in [4.78, 5) is 31.8. The van der Waals surface area contributed by atoms with Crippen molar-refractivity contribution < 1.29 is 9.53 Å². The molecule has 3 aromatic rings. The predicted octanol–water partition coefficient (Wildman–Crippen LogP) is 4.34. The molecular formula is C23H24N2O3. The Morgan fingerprint density at radius 2 is 1.89 bits per heavy atom. The van der Waals surface area contributed by atoms with Crippen LogP contribution in [0.25, 0.3) is 0 Å². The van der Waals surface area contributed by atoms with Gasteiger partial charge in [-0.3, -0.25) is 14.6 Å². The lowest BCUT2D eigenvalue weighted by Gasteiger charge is -2.14. The van der Waals surface area contributed by atoms with Gasteiger partial charge in [-0.2, -0.15) is 0 Å². The molecule has 0 amide bonds. The summed E-state index contributed by atoms with van der Waals surface area (Å²) in [5.41, 5.74) is 3.57. The van der Waals surface area contributed by atoms with E-state index in [1.165, 1.54) is 0 Å². The average Bonchev–Trinajstić information content (AvgIpc) is 2.68. The summed E-state index contributed by atoms with van der Waals surface area (Å²) in [6, 6.07) is 15.0. The number of H-pyrrole nitrogens is 1. The molecule has 1 unspecified atom stereocenters. The first-order valence-electron chi connectivity index (χ1n) is 9.34. The van der Waals surface area contributed by atoms with Gasteiger partial charge in [-0.25, -0.2) is 0 Å². The van der Waals surface area contributed by atoms with Crippen LogP contribution in [0.3, 0.4) is 0 Å². The summed E-state index contributed by atoms with van der Waals surface area (Å²) in [5, 5.41) is 0. The van der Waals surface area contributed by atoms with Gasteiger partial charge in [-0.1, -0.05) is 18.2 Å². The molecule has 0 aliphatic rings. The van der Waals surface area contributed by atoms with Crippen molar-refractivity contribution in [2.75, 3.05) is 0 Å². The van der Waals surface area contributed by atoms with Crippen molar-refractivity contribution in [1.29, 1.82) is 0 Å². The first-order chi connectivity index (χ1) is 13.4. The molecule has 1 atom stereocenters. The maximum Gasteiger partial charge on any atom is 0.251 e. The number of Topliss-reactive ketones (excluding diaryl/α,β-unsaturated/α-hetero) is 1. The fraction of sp³-hybridized carbons (Fsp3) is 0.261. The van der Waals surface area contributed by atoms with Crippen LogP contribution < -0.4 is 10.3 Å². The van der Waals surface area contributed by atoms with Gasteiger partial charge in [0.05, 0.1) is 5.69 Å². The van der Waals surface area contributed by atoms with E-state index in [-0.39, 0.29) is 23.9 Å². The van der Waals surface area contributed by atoms with Crippen LogP contribution in [0.5, 0.6) is 5.75 Å². The van der Waals surface area contributed by atoms with Crippen LogP contribution in [0.2, 0.25) is 0 Å². The van der Waals surface area contributed by atoms with E-state index < -0.39 is 0 Å². The third kappa shape index (κ3) is 4.74. The third-order valence-corrected chi connectivity index (χ3v) is 4.68. The van der Waals surface area contributed by atoms with E-state index in [9.17, 15) is 9.59 Å². The number of carbonyl (C=O) groups excluding carboxylic acids is 1. The van der Waals surface area contributed by atoms with Crippen molar-refractivity contribution >= 4 is 5.78 Å². The van der Waals surface area contributed by atoms with Crippen LogP contribution in [-0.2, 0) is 6.42 Å². The molecule has 2 aromatic heterocycles. The van der Waals surface area contributed by atoms with Crippen LogP contribution in [0, 0.1) is 13.8 Å².